The summed E-state index contributed by atoms with van der Waals surface area (Å²) in [5.74, 6) is 1.72. The number of carbonyl (C=O) groups excluding carboxylic acids is 1. The van der Waals surface area contributed by atoms with Crippen molar-refractivity contribution in [3.05, 3.63) is 40.5 Å². The number of hydrogen-bond donors (Lipinski definition) is 2. The number of fused-ring (bicyclic) bond motifs is 1. The third-order valence-corrected chi connectivity index (χ3v) is 5.67. The van der Waals surface area contributed by atoms with Crippen molar-refractivity contribution in [2.24, 2.45) is 0 Å². The number of thioether (sulfide) groups is 1. The largest absolute Gasteiger partial charge is 0.472 e. The van der Waals surface area contributed by atoms with Crippen molar-refractivity contribution in [2.45, 2.75) is 11.7 Å². The molecule has 0 aromatic carbocycles. The summed E-state index contributed by atoms with van der Waals surface area (Å²) in [7, 11) is 0. The molecule has 3 aromatic heterocycles. The molecule has 0 radical (unpaired) electrons. The van der Waals surface area contributed by atoms with Gasteiger partial charge in [0.25, 0.3) is 0 Å². The molecule has 8 heteroatoms. The maximum atomic E-state index is 12.5. The zero-order chi connectivity index (χ0) is 14.9. The molecule has 1 amide bonds. The van der Waals surface area contributed by atoms with Crippen molar-refractivity contribution in [2.75, 3.05) is 11.1 Å². The topological polar surface area (TPSA) is 83.8 Å². The van der Waals surface area contributed by atoms with Gasteiger partial charge in [0.2, 0.25) is 11.9 Å². The molecule has 0 bridgehead atoms. The Bertz CT molecular complexity index is 793. The lowest BCUT2D eigenvalue weighted by atomic mass is 10.1. The van der Waals surface area contributed by atoms with E-state index in [1.54, 1.807) is 41.7 Å². The van der Waals surface area contributed by atoms with E-state index in [1.165, 1.54) is 4.88 Å². The summed E-state index contributed by atoms with van der Waals surface area (Å²) in [6.07, 6.45) is 4.17. The molecule has 2 N–H and O–H groups in total. The van der Waals surface area contributed by atoms with Gasteiger partial charge in [0.05, 0.1) is 11.8 Å². The minimum atomic E-state index is -0.189. The summed E-state index contributed by atoms with van der Waals surface area (Å²) >= 11 is 3.37. The number of aromatic amines is 1. The van der Waals surface area contributed by atoms with Crippen LogP contribution < -0.4 is 5.32 Å². The molecule has 0 fully saturated rings. The zero-order valence-corrected chi connectivity index (χ0v) is 13.0. The fraction of sp³-hybridized carbons (Fsp3) is 0.214. The Kier molecular flexibility index (Phi) is 3.47. The second kappa shape index (κ2) is 5.62. The van der Waals surface area contributed by atoms with Gasteiger partial charge in [-0.15, -0.1) is 28.2 Å². The monoisotopic (exact) mass is 332 g/mol. The second-order valence-corrected chi connectivity index (χ2v) is 7.02. The minimum absolute atomic E-state index is 0.0814. The molecule has 1 atom stereocenters. The maximum Gasteiger partial charge on any atom is 0.249 e. The molecule has 0 aliphatic carbocycles. The van der Waals surface area contributed by atoms with Crippen LogP contribution in [0.1, 0.15) is 15.7 Å². The molecule has 3 aromatic rings. The van der Waals surface area contributed by atoms with Gasteiger partial charge >= 0.3 is 0 Å². The fourth-order valence-corrected chi connectivity index (χ4v) is 4.68. The van der Waals surface area contributed by atoms with Crippen LogP contribution in [0, 0.1) is 0 Å². The highest BCUT2D eigenvalue weighted by atomic mass is 32.2. The normalized spacial score (nSPS) is 17.2. The first-order chi connectivity index (χ1) is 10.8. The average molecular weight is 332 g/mol. The predicted molar refractivity (Wildman–Crippen MR) is 85.9 cm³/mol. The first-order valence-electron chi connectivity index (χ1n) is 6.75. The van der Waals surface area contributed by atoms with Crippen LogP contribution in [0.3, 0.4) is 0 Å². The molecular weight excluding hydrogens is 320 g/mol. The van der Waals surface area contributed by atoms with Gasteiger partial charge in [0.1, 0.15) is 11.5 Å². The summed E-state index contributed by atoms with van der Waals surface area (Å²) in [5, 5.41) is 11.5. The van der Waals surface area contributed by atoms with Crippen LogP contribution in [0.15, 0.2) is 34.5 Å². The average Bonchev–Trinajstić information content (AvgIpc) is 3.27. The molecule has 1 unspecified atom stereocenters. The Balaban J connectivity index is 1.52. The molecule has 0 spiro atoms. The van der Waals surface area contributed by atoms with Gasteiger partial charge < -0.3 is 4.42 Å². The predicted octanol–water partition coefficient (Wildman–Crippen LogP) is 3.10. The molecule has 4 heterocycles. The fourth-order valence-electron chi connectivity index (χ4n) is 2.39. The second-order valence-electron chi connectivity index (χ2n) is 4.81. The molecule has 22 heavy (non-hydrogen) atoms. The highest BCUT2D eigenvalue weighted by molar-refractivity contribution is 8.00. The Hall–Kier alpha value is -2.06. The zero-order valence-electron chi connectivity index (χ0n) is 11.4. The lowest BCUT2D eigenvalue weighted by molar-refractivity contribution is -0.115. The van der Waals surface area contributed by atoms with Gasteiger partial charge in [-0.05, 0) is 35.2 Å². The number of amides is 1. The summed E-state index contributed by atoms with van der Waals surface area (Å²) in [6.45, 7) is 0. The third-order valence-electron chi connectivity index (χ3n) is 3.43. The summed E-state index contributed by atoms with van der Waals surface area (Å²) in [6, 6.07) is 3.81. The molecule has 112 valence electrons. The van der Waals surface area contributed by atoms with E-state index < -0.39 is 0 Å². The maximum absolute atomic E-state index is 12.5. The van der Waals surface area contributed by atoms with Crippen molar-refractivity contribution >= 4 is 35.0 Å². The number of furan rings is 1. The van der Waals surface area contributed by atoms with Crippen LogP contribution in [0.25, 0.3) is 11.4 Å². The number of nitrogens with zero attached hydrogens (tertiary/aromatic N) is 2. The summed E-state index contributed by atoms with van der Waals surface area (Å²) in [5.41, 5.74) is 1.91. The van der Waals surface area contributed by atoms with Crippen molar-refractivity contribution in [3.63, 3.8) is 0 Å². The van der Waals surface area contributed by atoms with Crippen molar-refractivity contribution in [1.82, 2.24) is 15.2 Å². The molecule has 0 saturated carbocycles. The molecular formula is C14H12N4O2S2. The molecule has 1 aliphatic heterocycles. The molecule has 4 rings (SSSR count). The number of aromatic nitrogens is 3. The highest BCUT2D eigenvalue weighted by Crippen LogP contribution is 2.39. The standard InChI is InChI=1S/C14H12N4O2S2/c19-13(11-9-2-5-21-10(9)3-6-22-11)16-14-15-12(17-18-14)8-1-4-20-7-8/h1-2,4-5,7,11H,3,6H2,(H2,15,16,17,18,19). The number of H-pyrrole nitrogens is 1. The molecule has 0 saturated heterocycles. The number of carbonyl (C=O) groups is 1. The van der Waals surface area contributed by atoms with Crippen LogP contribution in [0.2, 0.25) is 0 Å². The van der Waals surface area contributed by atoms with Crippen molar-refractivity contribution < 1.29 is 9.21 Å². The lowest BCUT2D eigenvalue weighted by Gasteiger charge is -2.20. The van der Waals surface area contributed by atoms with Crippen LogP contribution in [-0.4, -0.2) is 26.8 Å². The Morgan fingerprint density at radius 3 is 3.27 bits per heavy atom. The number of nitrogens with one attached hydrogen (secondary N) is 2. The van der Waals surface area contributed by atoms with E-state index in [0.29, 0.717) is 5.82 Å². The SMILES string of the molecule is O=C(Nc1n[nH]c(-c2ccoc2)n1)C1SCCc2sccc21. The Morgan fingerprint density at radius 1 is 1.45 bits per heavy atom. The van der Waals surface area contributed by atoms with Gasteiger partial charge in [-0.1, -0.05) is 0 Å². The summed E-state index contributed by atoms with van der Waals surface area (Å²) in [4.78, 5) is 18.0. The van der Waals surface area contributed by atoms with E-state index in [-0.39, 0.29) is 17.1 Å². The Morgan fingerprint density at radius 2 is 2.41 bits per heavy atom. The van der Waals surface area contributed by atoms with E-state index >= 15 is 0 Å². The number of anilines is 1. The van der Waals surface area contributed by atoms with E-state index in [4.69, 9.17) is 4.42 Å². The van der Waals surface area contributed by atoms with Gasteiger partial charge in [0.15, 0.2) is 5.82 Å². The van der Waals surface area contributed by atoms with Crippen LogP contribution in [0.4, 0.5) is 5.95 Å². The Labute approximate surface area is 134 Å². The van der Waals surface area contributed by atoms with E-state index in [1.807, 2.05) is 11.4 Å². The quantitative estimate of drug-likeness (QED) is 0.770. The van der Waals surface area contributed by atoms with Gasteiger partial charge in [0, 0.05) is 4.88 Å². The van der Waals surface area contributed by atoms with Crippen LogP contribution in [0.5, 0.6) is 0 Å². The molecule has 1 aliphatic rings. The summed E-state index contributed by atoms with van der Waals surface area (Å²) < 4.78 is 5.01. The van der Waals surface area contributed by atoms with Crippen molar-refractivity contribution in [3.8, 4) is 11.4 Å². The van der Waals surface area contributed by atoms with Crippen molar-refractivity contribution in [1.29, 1.82) is 0 Å². The van der Waals surface area contributed by atoms with E-state index in [9.17, 15) is 4.79 Å². The number of hydrogen-bond acceptors (Lipinski definition) is 6. The number of thiophene rings is 1. The first-order valence-corrected chi connectivity index (χ1v) is 8.68. The lowest BCUT2D eigenvalue weighted by Crippen LogP contribution is -2.22. The smallest absolute Gasteiger partial charge is 0.249 e. The van der Waals surface area contributed by atoms with Crippen LogP contribution in [-0.2, 0) is 11.2 Å². The third kappa shape index (κ3) is 2.44. The van der Waals surface area contributed by atoms with E-state index in [2.05, 4.69) is 20.5 Å². The van der Waals surface area contributed by atoms with Gasteiger partial charge in [-0.3, -0.25) is 15.2 Å². The minimum Gasteiger partial charge on any atom is -0.472 e. The van der Waals surface area contributed by atoms with Gasteiger partial charge in [-0.25, -0.2) is 0 Å². The first kappa shape index (κ1) is 13.6. The molecule has 6 nitrogen and oxygen atoms in total. The highest BCUT2D eigenvalue weighted by Gasteiger charge is 2.28. The van der Waals surface area contributed by atoms with Crippen LogP contribution >= 0.6 is 23.1 Å². The van der Waals surface area contributed by atoms with Gasteiger partial charge in [-0.2, -0.15) is 4.98 Å². The number of aryl methyl sites for hydroxylation is 1. The number of rotatable bonds is 3. The van der Waals surface area contributed by atoms with E-state index in [0.717, 1.165) is 23.3 Å².